The molecular weight excluding hydrogens is 484 g/mol. The van der Waals surface area contributed by atoms with Gasteiger partial charge in [0.25, 0.3) is 0 Å². The molecule has 8 nitrogen and oxygen atoms in total. The second kappa shape index (κ2) is 10.7. The number of allylic oxidation sites excluding steroid dienone is 1. The van der Waals surface area contributed by atoms with Crippen LogP contribution in [0.4, 0.5) is 5.69 Å². The van der Waals surface area contributed by atoms with Crippen molar-refractivity contribution in [2.45, 2.75) is 13.5 Å². The molecule has 3 aromatic carbocycles. The van der Waals surface area contributed by atoms with Gasteiger partial charge < -0.3 is 29.0 Å². The molecule has 2 heterocycles. The molecule has 198 valence electrons. The Morgan fingerprint density at radius 3 is 2.32 bits per heavy atom. The number of hydrogen-bond acceptors (Lipinski definition) is 8. The van der Waals surface area contributed by atoms with E-state index in [4.69, 9.17) is 18.9 Å². The third kappa shape index (κ3) is 4.63. The summed E-state index contributed by atoms with van der Waals surface area (Å²) in [5.41, 5.74) is 3.59. The number of methoxy groups -OCH3 is 3. The molecule has 0 unspecified atom stereocenters. The van der Waals surface area contributed by atoms with E-state index in [0.717, 1.165) is 26.2 Å². The molecule has 0 saturated carbocycles. The largest absolute Gasteiger partial charge is 0.507 e. The van der Waals surface area contributed by atoms with E-state index in [9.17, 15) is 9.90 Å². The number of phenolic OH excluding ortho intramolecular Hbond substituents is 1. The highest BCUT2D eigenvalue weighted by atomic mass is 16.5. The van der Waals surface area contributed by atoms with Gasteiger partial charge in [-0.15, -0.1) is 0 Å². The van der Waals surface area contributed by atoms with Gasteiger partial charge >= 0.3 is 0 Å². The van der Waals surface area contributed by atoms with Gasteiger partial charge in [-0.25, -0.2) is 0 Å². The molecule has 8 heteroatoms. The van der Waals surface area contributed by atoms with Crippen LogP contribution in [0.25, 0.3) is 6.08 Å². The maximum atomic E-state index is 13.5. The lowest BCUT2D eigenvalue weighted by molar-refractivity contribution is 0.101. The van der Waals surface area contributed by atoms with Crippen LogP contribution >= 0.6 is 0 Å². The van der Waals surface area contributed by atoms with E-state index in [0.29, 0.717) is 51.8 Å². The number of aromatic hydroxyl groups is 1. The molecule has 0 aliphatic carbocycles. The summed E-state index contributed by atoms with van der Waals surface area (Å²) in [6, 6.07) is 15.5. The monoisotopic (exact) mass is 516 g/mol. The molecule has 0 spiro atoms. The number of carbonyl (C=O) groups excluding carboxylic acids is 1. The smallest absolute Gasteiger partial charge is 0.232 e. The van der Waals surface area contributed by atoms with Gasteiger partial charge in [0.05, 0.1) is 32.5 Å². The predicted molar refractivity (Wildman–Crippen MR) is 146 cm³/mol. The Kier molecular flexibility index (Phi) is 7.15. The Morgan fingerprint density at radius 1 is 0.947 bits per heavy atom. The molecule has 0 radical (unpaired) electrons. The van der Waals surface area contributed by atoms with E-state index in [2.05, 4.69) is 21.9 Å². The lowest BCUT2D eigenvalue weighted by Crippen LogP contribution is -2.46. The quantitative estimate of drug-likeness (QED) is 0.454. The zero-order valence-corrected chi connectivity index (χ0v) is 22.1. The van der Waals surface area contributed by atoms with Gasteiger partial charge in [-0.2, -0.15) is 0 Å². The lowest BCUT2D eigenvalue weighted by atomic mass is 9.99. The molecule has 3 aromatic rings. The number of carbonyl (C=O) groups is 1. The fraction of sp³-hybridized carbons (Fsp3) is 0.300. The van der Waals surface area contributed by atoms with Crippen molar-refractivity contribution in [3.8, 4) is 28.7 Å². The number of hydrogen-bond donors (Lipinski definition) is 1. The molecule has 2 aliphatic rings. The predicted octanol–water partition coefficient (Wildman–Crippen LogP) is 4.66. The summed E-state index contributed by atoms with van der Waals surface area (Å²) in [6.07, 6.45) is 1.64. The standard InChI is InChI=1S/C30H32N2O6/c1-19-16-23(33)22(18-31-12-14-32(15-13-31)21-8-6-5-7-9-21)29-26(19)27(34)25(38-29)17-20-10-11-24(35-2)30(37-4)28(20)36-3/h5-11,16-17,33H,12-15,18H2,1-4H3/b25-17-. The van der Waals surface area contributed by atoms with E-state index in [1.165, 1.54) is 19.9 Å². The SMILES string of the molecule is COc1ccc(/C=C2\Oc3c(CN4CCN(c5ccccc5)CC4)c(O)cc(C)c3C2=O)c(OC)c1OC. The van der Waals surface area contributed by atoms with Crippen LogP contribution in [0.1, 0.15) is 27.0 Å². The van der Waals surface area contributed by atoms with Crippen molar-refractivity contribution in [1.82, 2.24) is 4.90 Å². The van der Waals surface area contributed by atoms with Gasteiger partial charge in [-0.05, 0) is 48.9 Å². The van der Waals surface area contributed by atoms with Crippen molar-refractivity contribution in [3.63, 3.8) is 0 Å². The summed E-state index contributed by atoms with van der Waals surface area (Å²) < 4.78 is 22.6. The molecule has 2 aliphatic heterocycles. The molecule has 0 bridgehead atoms. The first-order valence-electron chi connectivity index (χ1n) is 12.6. The van der Waals surface area contributed by atoms with Crippen molar-refractivity contribution < 1.29 is 28.8 Å². The second-order valence-electron chi connectivity index (χ2n) is 9.36. The highest BCUT2D eigenvalue weighted by Crippen LogP contribution is 2.44. The third-order valence-corrected chi connectivity index (χ3v) is 7.12. The van der Waals surface area contributed by atoms with Crippen LogP contribution in [0.2, 0.25) is 0 Å². The van der Waals surface area contributed by atoms with E-state index in [1.54, 1.807) is 31.4 Å². The van der Waals surface area contributed by atoms with Crippen LogP contribution in [0.3, 0.4) is 0 Å². The van der Waals surface area contributed by atoms with Gasteiger partial charge in [-0.3, -0.25) is 9.69 Å². The van der Waals surface area contributed by atoms with Gasteiger partial charge in [0.1, 0.15) is 11.5 Å². The molecule has 5 rings (SSSR count). The molecule has 1 fully saturated rings. The lowest BCUT2D eigenvalue weighted by Gasteiger charge is -2.36. The number of phenols is 1. The maximum Gasteiger partial charge on any atom is 0.232 e. The Morgan fingerprint density at radius 2 is 1.66 bits per heavy atom. The van der Waals surface area contributed by atoms with Crippen LogP contribution in [0.15, 0.2) is 54.3 Å². The Balaban J connectivity index is 1.41. The molecule has 0 aromatic heterocycles. The first-order valence-corrected chi connectivity index (χ1v) is 12.6. The van der Waals surface area contributed by atoms with Crippen LogP contribution in [-0.4, -0.2) is 63.3 Å². The van der Waals surface area contributed by atoms with Gasteiger partial charge in [0.15, 0.2) is 17.3 Å². The van der Waals surface area contributed by atoms with Crippen LogP contribution in [0, 0.1) is 6.92 Å². The number of benzene rings is 3. The van der Waals surface area contributed by atoms with Crippen LogP contribution in [-0.2, 0) is 6.54 Å². The maximum absolute atomic E-state index is 13.5. The number of rotatable bonds is 7. The second-order valence-corrected chi connectivity index (χ2v) is 9.36. The zero-order chi connectivity index (χ0) is 26.8. The summed E-state index contributed by atoms with van der Waals surface area (Å²) in [5, 5.41) is 10.9. The van der Waals surface area contributed by atoms with Crippen molar-refractivity contribution >= 4 is 17.5 Å². The van der Waals surface area contributed by atoms with E-state index < -0.39 is 0 Å². The number of fused-ring (bicyclic) bond motifs is 1. The topological polar surface area (TPSA) is 80.7 Å². The highest BCUT2D eigenvalue weighted by molar-refractivity contribution is 6.16. The normalized spacial score (nSPS) is 16.4. The fourth-order valence-electron chi connectivity index (χ4n) is 5.14. The average Bonchev–Trinajstić information content (AvgIpc) is 3.27. The van der Waals surface area contributed by atoms with Crippen LogP contribution < -0.4 is 23.8 Å². The Labute approximate surface area is 222 Å². The molecule has 1 saturated heterocycles. The first-order chi connectivity index (χ1) is 18.4. The number of Topliss-reactive ketones (excluding diaryl/α,β-unsaturated/α-hetero) is 1. The number of nitrogens with zero attached hydrogens (tertiary/aromatic N) is 2. The van der Waals surface area contributed by atoms with E-state index >= 15 is 0 Å². The molecule has 0 amide bonds. The van der Waals surface area contributed by atoms with Gasteiger partial charge in [-0.1, -0.05) is 18.2 Å². The number of piperazine rings is 1. The fourth-order valence-corrected chi connectivity index (χ4v) is 5.14. The number of ketones is 1. The number of ether oxygens (including phenoxy) is 4. The summed E-state index contributed by atoms with van der Waals surface area (Å²) in [4.78, 5) is 18.1. The molecule has 38 heavy (non-hydrogen) atoms. The Bertz CT molecular complexity index is 1380. The summed E-state index contributed by atoms with van der Waals surface area (Å²) in [5.74, 6) is 1.86. The van der Waals surface area contributed by atoms with E-state index in [-0.39, 0.29) is 17.3 Å². The van der Waals surface area contributed by atoms with Crippen molar-refractivity contribution in [1.29, 1.82) is 0 Å². The average molecular weight is 517 g/mol. The summed E-state index contributed by atoms with van der Waals surface area (Å²) in [7, 11) is 4.61. The third-order valence-electron chi connectivity index (χ3n) is 7.12. The first kappa shape index (κ1) is 25.5. The highest BCUT2D eigenvalue weighted by Gasteiger charge is 2.34. The minimum Gasteiger partial charge on any atom is -0.507 e. The van der Waals surface area contributed by atoms with E-state index in [1.807, 2.05) is 25.1 Å². The van der Waals surface area contributed by atoms with Gasteiger partial charge in [0, 0.05) is 44.0 Å². The van der Waals surface area contributed by atoms with Crippen molar-refractivity contribution in [2.75, 3.05) is 52.4 Å². The minimum absolute atomic E-state index is 0.129. The number of para-hydroxylation sites is 1. The minimum atomic E-state index is -0.232. The molecular formula is C30H32N2O6. The Hall–Kier alpha value is -4.17. The number of aryl methyl sites for hydroxylation is 1. The van der Waals surface area contributed by atoms with Crippen LogP contribution in [0.5, 0.6) is 28.7 Å². The van der Waals surface area contributed by atoms with Crippen molar-refractivity contribution in [2.24, 2.45) is 0 Å². The van der Waals surface area contributed by atoms with Crippen molar-refractivity contribution in [3.05, 3.63) is 76.5 Å². The molecule has 1 N–H and O–H groups in total. The summed E-state index contributed by atoms with van der Waals surface area (Å²) in [6.45, 7) is 5.71. The zero-order valence-electron chi connectivity index (χ0n) is 22.1. The molecule has 0 atom stereocenters. The summed E-state index contributed by atoms with van der Waals surface area (Å²) >= 11 is 0. The number of anilines is 1. The van der Waals surface area contributed by atoms with Gasteiger partial charge in [0.2, 0.25) is 11.5 Å².